The Morgan fingerprint density at radius 2 is 1.46 bits per heavy atom. The third-order valence-corrected chi connectivity index (χ3v) is 3.83. The topological polar surface area (TPSA) is 99.1 Å². The molecular formula is C21H28O7. The van der Waals surface area contributed by atoms with Crippen molar-refractivity contribution in [3.8, 4) is 5.75 Å². The van der Waals surface area contributed by atoms with E-state index in [1.54, 1.807) is 24.3 Å². The lowest BCUT2D eigenvalue weighted by Gasteiger charge is -2.08. The van der Waals surface area contributed by atoms with Crippen LogP contribution in [0.4, 0.5) is 0 Å². The maximum atomic E-state index is 11.9. The van der Waals surface area contributed by atoms with E-state index in [0.29, 0.717) is 37.4 Å². The quantitative estimate of drug-likeness (QED) is 0.275. The van der Waals surface area contributed by atoms with Crippen molar-refractivity contribution in [3.63, 3.8) is 0 Å². The summed E-state index contributed by atoms with van der Waals surface area (Å²) in [6.45, 7) is 4.51. The van der Waals surface area contributed by atoms with Crippen molar-refractivity contribution in [1.82, 2.24) is 0 Å². The molecule has 154 valence electrons. The van der Waals surface area contributed by atoms with Gasteiger partial charge in [-0.05, 0) is 62.8 Å². The van der Waals surface area contributed by atoms with Crippen molar-refractivity contribution in [2.75, 3.05) is 19.8 Å². The van der Waals surface area contributed by atoms with Gasteiger partial charge in [0.25, 0.3) is 0 Å². The van der Waals surface area contributed by atoms with E-state index in [9.17, 15) is 14.4 Å². The number of benzene rings is 1. The maximum absolute atomic E-state index is 11.9. The summed E-state index contributed by atoms with van der Waals surface area (Å²) in [6.07, 6.45) is 5.85. The van der Waals surface area contributed by atoms with Gasteiger partial charge in [0.05, 0.1) is 25.4 Å². The van der Waals surface area contributed by atoms with Gasteiger partial charge in [-0.3, -0.25) is 4.79 Å². The molecule has 1 aromatic carbocycles. The van der Waals surface area contributed by atoms with E-state index in [2.05, 4.69) is 6.58 Å². The van der Waals surface area contributed by atoms with Gasteiger partial charge in [-0.2, -0.15) is 0 Å². The van der Waals surface area contributed by atoms with Gasteiger partial charge < -0.3 is 19.3 Å². The molecule has 0 aliphatic carbocycles. The lowest BCUT2D eigenvalue weighted by atomic mass is 10.2. The van der Waals surface area contributed by atoms with Gasteiger partial charge in [-0.25, -0.2) is 9.59 Å². The second kappa shape index (κ2) is 14.3. The van der Waals surface area contributed by atoms with Gasteiger partial charge in [0.15, 0.2) is 0 Å². The number of carboxylic acid groups (broad SMARTS) is 1. The third-order valence-electron chi connectivity index (χ3n) is 3.83. The van der Waals surface area contributed by atoms with E-state index in [1.165, 1.54) is 0 Å². The molecule has 0 radical (unpaired) electrons. The predicted molar refractivity (Wildman–Crippen MR) is 103 cm³/mol. The molecule has 0 saturated carbocycles. The Balaban J connectivity index is 2.12. The summed E-state index contributed by atoms with van der Waals surface area (Å²) in [4.78, 5) is 33.1. The normalized spacial score (nSPS) is 10.1. The Kier molecular flexibility index (Phi) is 11.8. The minimum Gasteiger partial charge on any atom is -0.494 e. The van der Waals surface area contributed by atoms with Crippen LogP contribution in [0.1, 0.15) is 55.3 Å². The second-order valence-electron chi connectivity index (χ2n) is 6.15. The lowest BCUT2D eigenvalue weighted by Crippen LogP contribution is -2.07. The van der Waals surface area contributed by atoms with E-state index >= 15 is 0 Å². The summed E-state index contributed by atoms with van der Waals surface area (Å²) in [7, 11) is 0. The van der Waals surface area contributed by atoms with Crippen molar-refractivity contribution in [1.29, 1.82) is 0 Å². The highest BCUT2D eigenvalue weighted by Gasteiger charge is 2.07. The first-order valence-electron chi connectivity index (χ1n) is 9.44. The molecule has 0 saturated heterocycles. The Morgan fingerprint density at radius 3 is 2.11 bits per heavy atom. The molecule has 1 aromatic rings. The Hall–Kier alpha value is -2.83. The molecule has 7 nitrogen and oxygen atoms in total. The van der Waals surface area contributed by atoms with E-state index in [-0.39, 0.29) is 13.0 Å². The highest BCUT2D eigenvalue weighted by molar-refractivity contribution is 5.89. The fourth-order valence-electron chi connectivity index (χ4n) is 2.29. The van der Waals surface area contributed by atoms with Crippen LogP contribution in [0.5, 0.6) is 5.75 Å². The molecule has 0 amide bonds. The molecule has 28 heavy (non-hydrogen) atoms. The van der Waals surface area contributed by atoms with Crippen LogP contribution in [-0.4, -0.2) is 42.8 Å². The average Bonchev–Trinajstić information content (AvgIpc) is 2.69. The zero-order chi connectivity index (χ0) is 20.6. The summed E-state index contributed by atoms with van der Waals surface area (Å²) < 4.78 is 15.6. The van der Waals surface area contributed by atoms with Crippen LogP contribution in [-0.2, 0) is 19.1 Å². The lowest BCUT2D eigenvalue weighted by molar-refractivity contribution is -0.138. The Morgan fingerprint density at radius 1 is 0.857 bits per heavy atom. The van der Waals surface area contributed by atoms with Gasteiger partial charge in [0.2, 0.25) is 0 Å². The molecule has 0 fully saturated rings. The smallest absolute Gasteiger partial charge is 0.338 e. The summed E-state index contributed by atoms with van der Waals surface area (Å²) >= 11 is 0. The largest absolute Gasteiger partial charge is 0.494 e. The molecule has 0 spiro atoms. The number of carbonyl (C=O) groups excluding carboxylic acids is 2. The van der Waals surface area contributed by atoms with Crippen LogP contribution in [0.25, 0.3) is 0 Å². The minimum absolute atomic E-state index is 0.0757. The Labute approximate surface area is 165 Å². The molecule has 0 unspecified atom stereocenters. The first-order valence-corrected chi connectivity index (χ1v) is 9.44. The third kappa shape index (κ3) is 11.0. The fraction of sp³-hybridized carbons (Fsp3) is 0.476. The minimum atomic E-state index is -0.851. The first-order chi connectivity index (χ1) is 13.5. The average molecular weight is 392 g/mol. The van der Waals surface area contributed by atoms with Gasteiger partial charge in [0.1, 0.15) is 5.75 Å². The van der Waals surface area contributed by atoms with Gasteiger partial charge in [0, 0.05) is 12.5 Å². The monoisotopic (exact) mass is 392 g/mol. The van der Waals surface area contributed by atoms with Crippen LogP contribution < -0.4 is 4.74 Å². The zero-order valence-corrected chi connectivity index (χ0v) is 16.1. The van der Waals surface area contributed by atoms with E-state index in [0.717, 1.165) is 31.8 Å². The number of unbranched alkanes of at least 4 members (excludes halogenated alkanes) is 4. The van der Waals surface area contributed by atoms with E-state index in [4.69, 9.17) is 19.3 Å². The van der Waals surface area contributed by atoms with Crippen molar-refractivity contribution in [2.45, 2.75) is 44.9 Å². The summed E-state index contributed by atoms with van der Waals surface area (Å²) in [6, 6.07) is 6.72. The van der Waals surface area contributed by atoms with Gasteiger partial charge >= 0.3 is 17.9 Å². The predicted octanol–water partition coefficient (Wildman–Crippen LogP) is 3.77. The van der Waals surface area contributed by atoms with Crippen LogP contribution in [0.2, 0.25) is 0 Å². The molecule has 0 aromatic heterocycles. The fourth-order valence-corrected chi connectivity index (χ4v) is 2.29. The highest BCUT2D eigenvalue weighted by Crippen LogP contribution is 2.14. The van der Waals surface area contributed by atoms with Gasteiger partial charge in [-0.1, -0.05) is 6.58 Å². The van der Waals surface area contributed by atoms with E-state index < -0.39 is 17.9 Å². The molecule has 7 heteroatoms. The number of rotatable bonds is 15. The number of carbonyl (C=O) groups is 3. The van der Waals surface area contributed by atoms with Crippen molar-refractivity contribution < 1.29 is 33.7 Å². The van der Waals surface area contributed by atoms with Crippen molar-refractivity contribution >= 4 is 17.9 Å². The SMILES string of the molecule is C=CC(=O)OCCCCCCOc1ccc(C(=O)OCCCCC(=O)O)cc1. The number of aliphatic carboxylic acids is 1. The summed E-state index contributed by atoms with van der Waals surface area (Å²) in [5.41, 5.74) is 0.430. The molecular weight excluding hydrogens is 364 g/mol. The zero-order valence-electron chi connectivity index (χ0n) is 16.1. The number of ether oxygens (including phenoxy) is 3. The molecule has 0 aliphatic heterocycles. The molecule has 0 heterocycles. The Bertz CT molecular complexity index is 622. The van der Waals surface area contributed by atoms with Crippen LogP contribution in [0.15, 0.2) is 36.9 Å². The number of carboxylic acids is 1. The molecule has 0 bridgehead atoms. The second-order valence-corrected chi connectivity index (χ2v) is 6.15. The van der Waals surface area contributed by atoms with E-state index in [1.807, 2.05) is 0 Å². The van der Waals surface area contributed by atoms with Crippen LogP contribution in [0.3, 0.4) is 0 Å². The van der Waals surface area contributed by atoms with Gasteiger partial charge in [-0.15, -0.1) is 0 Å². The summed E-state index contributed by atoms with van der Waals surface area (Å²) in [5.74, 6) is -0.998. The summed E-state index contributed by atoms with van der Waals surface area (Å²) in [5, 5.41) is 8.54. The molecule has 0 atom stereocenters. The number of hydrogen-bond donors (Lipinski definition) is 1. The molecule has 1 N–H and O–H groups in total. The standard InChI is InChI=1S/C21H28O7/c1-2-20(24)27-15-7-4-3-6-14-26-18-12-10-17(11-13-18)21(25)28-16-8-5-9-19(22)23/h2,10-13H,1,3-9,14-16H2,(H,22,23). The molecule has 1 rings (SSSR count). The highest BCUT2D eigenvalue weighted by atomic mass is 16.5. The van der Waals surface area contributed by atoms with Crippen LogP contribution in [0, 0.1) is 0 Å². The van der Waals surface area contributed by atoms with Crippen molar-refractivity contribution in [2.24, 2.45) is 0 Å². The maximum Gasteiger partial charge on any atom is 0.338 e. The first kappa shape index (κ1) is 23.2. The van der Waals surface area contributed by atoms with Crippen molar-refractivity contribution in [3.05, 3.63) is 42.5 Å². The molecule has 0 aliphatic rings. The van der Waals surface area contributed by atoms with Crippen LogP contribution >= 0.6 is 0 Å². The number of esters is 2. The number of hydrogen-bond acceptors (Lipinski definition) is 6.